The number of hydrogen-bond acceptors (Lipinski definition) is 4. The van der Waals surface area contributed by atoms with Gasteiger partial charge >= 0.3 is 0 Å². The molecule has 2 atom stereocenters. The van der Waals surface area contributed by atoms with E-state index >= 15 is 0 Å². The van der Waals surface area contributed by atoms with Gasteiger partial charge in [0, 0.05) is 29.4 Å². The number of amides is 1. The monoisotopic (exact) mass is 392 g/mol. The summed E-state index contributed by atoms with van der Waals surface area (Å²) < 4.78 is 7.27. The van der Waals surface area contributed by atoms with Gasteiger partial charge in [0.2, 0.25) is 0 Å². The van der Waals surface area contributed by atoms with E-state index in [1.165, 1.54) is 6.42 Å². The molecule has 0 aliphatic carbocycles. The fraction of sp³-hybridized carbons (Fsp3) is 0.435. The van der Waals surface area contributed by atoms with Crippen molar-refractivity contribution >= 4 is 11.6 Å². The molecule has 1 aliphatic heterocycles. The van der Waals surface area contributed by atoms with Crippen LogP contribution in [-0.2, 0) is 0 Å². The number of carbonyl (C=O) groups is 1. The number of benzene rings is 1. The molecule has 0 spiro atoms. The van der Waals surface area contributed by atoms with Crippen LogP contribution in [0, 0.1) is 6.92 Å². The SMILES string of the molecule is CCOc1ccc(-c2cc(C)n3nc(C(=O)N4C(C)CCCC4C)cc3n2)cc1. The van der Waals surface area contributed by atoms with Crippen molar-refractivity contribution in [3.05, 3.63) is 47.8 Å². The van der Waals surface area contributed by atoms with Crippen LogP contribution in [0.4, 0.5) is 0 Å². The molecule has 152 valence electrons. The standard InChI is InChI=1S/C23H28N4O2/c1-5-29-19-11-9-18(10-12-19)20-13-17(4)27-22(24-20)14-21(25-27)23(28)26-15(2)7-6-8-16(26)3/h9-16H,5-8H2,1-4H3. The first kappa shape index (κ1) is 19.4. The molecule has 0 radical (unpaired) electrons. The summed E-state index contributed by atoms with van der Waals surface area (Å²) in [6.07, 6.45) is 3.26. The summed E-state index contributed by atoms with van der Waals surface area (Å²) in [5, 5.41) is 4.57. The summed E-state index contributed by atoms with van der Waals surface area (Å²) in [6.45, 7) is 8.84. The molecule has 0 bridgehead atoms. The Hall–Kier alpha value is -2.89. The van der Waals surface area contributed by atoms with Gasteiger partial charge in [0.05, 0.1) is 12.3 Å². The maximum absolute atomic E-state index is 13.2. The van der Waals surface area contributed by atoms with Crippen LogP contribution in [0.3, 0.4) is 0 Å². The average Bonchev–Trinajstić information content (AvgIpc) is 3.13. The van der Waals surface area contributed by atoms with Crippen molar-refractivity contribution in [3.63, 3.8) is 0 Å². The summed E-state index contributed by atoms with van der Waals surface area (Å²) in [5.74, 6) is 0.841. The van der Waals surface area contributed by atoms with Gasteiger partial charge in [-0.3, -0.25) is 4.79 Å². The Morgan fingerprint density at radius 1 is 1.14 bits per heavy atom. The van der Waals surface area contributed by atoms with E-state index in [0.29, 0.717) is 17.9 Å². The zero-order valence-electron chi connectivity index (χ0n) is 17.6. The lowest BCUT2D eigenvalue weighted by Gasteiger charge is -2.38. The molecule has 6 heteroatoms. The quantitative estimate of drug-likeness (QED) is 0.656. The summed E-state index contributed by atoms with van der Waals surface area (Å²) in [4.78, 5) is 19.9. The minimum Gasteiger partial charge on any atom is -0.494 e. The topological polar surface area (TPSA) is 59.7 Å². The number of hydrogen-bond donors (Lipinski definition) is 0. The molecule has 0 saturated carbocycles. The van der Waals surface area contributed by atoms with Crippen molar-refractivity contribution in [1.82, 2.24) is 19.5 Å². The molecule has 2 aromatic heterocycles. The molecular weight excluding hydrogens is 364 g/mol. The predicted octanol–water partition coefficient (Wildman–Crippen LogP) is 4.51. The van der Waals surface area contributed by atoms with Crippen molar-refractivity contribution < 1.29 is 9.53 Å². The third-order valence-corrected chi connectivity index (χ3v) is 5.71. The second-order valence-electron chi connectivity index (χ2n) is 7.88. The van der Waals surface area contributed by atoms with Crippen LogP contribution < -0.4 is 4.74 Å². The Kier molecular flexibility index (Phi) is 5.26. The largest absolute Gasteiger partial charge is 0.494 e. The summed E-state index contributed by atoms with van der Waals surface area (Å²) in [6, 6.07) is 12.2. The molecule has 29 heavy (non-hydrogen) atoms. The minimum atomic E-state index is -0.00258. The molecule has 6 nitrogen and oxygen atoms in total. The number of likely N-dealkylation sites (tertiary alicyclic amines) is 1. The van der Waals surface area contributed by atoms with Crippen LogP contribution in [0.5, 0.6) is 5.75 Å². The molecule has 4 rings (SSSR count). The molecule has 1 fully saturated rings. The Morgan fingerprint density at radius 3 is 2.48 bits per heavy atom. The molecule has 1 amide bonds. The first-order valence-electron chi connectivity index (χ1n) is 10.4. The molecular formula is C23H28N4O2. The Morgan fingerprint density at radius 2 is 1.83 bits per heavy atom. The third kappa shape index (κ3) is 3.71. The van der Waals surface area contributed by atoms with Gasteiger partial charge in [0.15, 0.2) is 11.3 Å². The van der Waals surface area contributed by atoms with E-state index in [4.69, 9.17) is 9.72 Å². The third-order valence-electron chi connectivity index (χ3n) is 5.71. The number of piperidine rings is 1. The zero-order chi connectivity index (χ0) is 20.5. The van der Waals surface area contributed by atoms with Gasteiger partial charge in [0.1, 0.15) is 5.75 Å². The van der Waals surface area contributed by atoms with Crippen molar-refractivity contribution in [2.24, 2.45) is 0 Å². The number of aromatic nitrogens is 3. The smallest absolute Gasteiger partial charge is 0.274 e. The van der Waals surface area contributed by atoms with Crippen LogP contribution in [0.15, 0.2) is 36.4 Å². The molecule has 0 N–H and O–H groups in total. The van der Waals surface area contributed by atoms with Gasteiger partial charge in [-0.1, -0.05) is 0 Å². The van der Waals surface area contributed by atoms with Crippen molar-refractivity contribution in [3.8, 4) is 17.0 Å². The van der Waals surface area contributed by atoms with Crippen LogP contribution in [0.2, 0.25) is 0 Å². The van der Waals surface area contributed by atoms with Gasteiger partial charge in [-0.05, 0) is 77.3 Å². The second kappa shape index (κ2) is 7.85. The lowest BCUT2D eigenvalue weighted by atomic mass is 9.97. The van der Waals surface area contributed by atoms with Crippen LogP contribution in [0.25, 0.3) is 16.9 Å². The normalized spacial score (nSPS) is 19.5. The van der Waals surface area contributed by atoms with E-state index in [2.05, 4.69) is 18.9 Å². The second-order valence-corrected chi connectivity index (χ2v) is 7.88. The van der Waals surface area contributed by atoms with E-state index in [0.717, 1.165) is 35.5 Å². The van der Waals surface area contributed by atoms with E-state index in [-0.39, 0.29) is 18.0 Å². The maximum Gasteiger partial charge on any atom is 0.274 e. The Bertz CT molecular complexity index is 1020. The average molecular weight is 393 g/mol. The maximum atomic E-state index is 13.2. The highest BCUT2D eigenvalue weighted by Gasteiger charge is 2.31. The number of fused-ring (bicyclic) bond motifs is 1. The van der Waals surface area contributed by atoms with E-state index in [1.54, 1.807) is 10.6 Å². The van der Waals surface area contributed by atoms with Gasteiger partial charge in [0.25, 0.3) is 5.91 Å². The van der Waals surface area contributed by atoms with Gasteiger partial charge in [-0.2, -0.15) is 5.10 Å². The van der Waals surface area contributed by atoms with Crippen LogP contribution in [0.1, 0.15) is 56.2 Å². The zero-order valence-corrected chi connectivity index (χ0v) is 17.6. The number of nitrogens with zero attached hydrogens (tertiary/aromatic N) is 4. The Labute approximate surface area is 171 Å². The number of ether oxygens (including phenoxy) is 1. The summed E-state index contributed by atoms with van der Waals surface area (Å²) in [7, 11) is 0. The number of aryl methyl sites for hydroxylation is 1. The molecule has 1 aromatic carbocycles. The van der Waals surface area contributed by atoms with Gasteiger partial charge in [-0.15, -0.1) is 0 Å². The fourth-order valence-corrected chi connectivity index (χ4v) is 4.22. The lowest BCUT2D eigenvalue weighted by molar-refractivity contribution is 0.0504. The lowest BCUT2D eigenvalue weighted by Crippen LogP contribution is -2.47. The van der Waals surface area contributed by atoms with Gasteiger partial charge in [-0.25, -0.2) is 9.50 Å². The van der Waals surface area contributed by atoms with E-state index in [1.807, 2.05) is 49.1 Å². The Balaban J connectivity index is 1.67. The molecule has 3 aromatic rings. The number of rotatable bonds is 4. The van der Waals surface area contributed by atoms with Crippen LogP contribution >= 0.6 is 0 Å². The van der Waals surface area contributed by atoms with Gasteiger partial charge < -0.3 is 9.64 Å². The fourth-order valence-electron chi connectivity index (χ4n) is 4.22. The number of carbonyl (C=O) groups excluding carboxylic acids is 1. The van der Waals surface area contributed by atoms with Crippen molar-refractivity contribution in [1.29, 1.82) is 0 Å². The first-order valence-corrected chi connectivity index (χ1v) is 10.4. The first-order chi connectivity index (χ1) is 14.0. The molecule has 2 unspecified atom stereocenters. The van der Waals surface area contributed by atoms with Crippen molar-refractivity contribution in [2.45, 2.75) is 59.0 Å². The summed E-state index contributed by atoms with van der Waals surface area (Å²) >= 11 is 0. The van der Waals surface area contributed by atoms with Crippen LogP contribution in [-0.4, -0.2) is 44.1 Å². The highest BCUT2D eigenvalue weighted by atomic mass is 16.5. The summed E-state index contributed by atoms with van der Waals surface area (Å²) in [5.41, 5.74) is 3.96. The molecule has 1 saturated heterocycles. The molecule has 3 heterocycles. The van der Waals surface area contributed by atoms with Crippen molar-refractivity contribution in [2.75, 3.05) is 6.61 Å². The van der Waals surface area contributed by atoms with E-state index < -0.39 is 0 Å². The minimum absolute atomic E-state index is 0.00258. The molecule has 1 aliphatic rings. The predicted molar refractivity (Wildman–Crippen MR) is 113 cm³/mol. The highest BCUT2D eigenvalue weighted by Crippen LogP contribution is 2.26. The highest BCUT2D eigenvalue weighted by molar-refractivity contribution is 5.94. The van der Waals surface area contributed by atoms with E-state index in [9.17, 15) is 4.79 Å².